The average molecular weight is 378 g/mol. The largest absolute Gasteiger partial charge is 0.394 e. The maximum absolute atomic E-state index is 12.7. The standard InChI is InChI=1S/C22H26N4O2/c1-14(2)21-25-23-13-26(21)20-10-18(17-7-5-15(3)6-8-17)9-19(11-20)22(28)24-16(4)12-27/h5-11,13-14,16,27H,12H2,1-4H3,(H,24,28)/t16-/m0/s1. The molecule has 0 aliphatic heterocycles. The van der Waals surface area contributed by atoms with Crippen LogP contribution in [0.3, 0.4) is 0 Å². The van der Waals surface area contributed by atoms with E-state index in [9.17, 15) is 9.90 Å². The molecule has 1 atom stereocenters. The van der Waals surface area contributed by atoms with Gasteiger partial charge < -0.3 is 10.4 Å². The number of aromatic nitrogens is 3. The van der Waals surface area contributed by atoms with Crippen molar-refractivity contribution in [1.82, 2.24) is 20.1 Å². The van der Waals surface area contributed by atoms with Gasteiger partial charge in [-0.1, -0.05) is 43.7 Å². The molecule has 0 aliphatic rings. The third kappa shape index (κ3) is 4.28. The van der Waals surface area contributed by atoms with E-state index in [4.69, 9.17) is 0 Å². The number of amides is 1. The number of aliphatic hydroxyl groups excluding tert-OH is 1. The van der Waals surface area contributed by atoms with Crippen molar-refractivity contribution in [2.24, 2.45) is 0 Å². The highest BCUT2D eigenvalue weighted by Crippen LogP contribution is 2.26. The van der Waals surface area contributed by atoms with Crippen molar-refractivity contribution in [2.45, 2.75) is 39.7 Å². The lowest BCUT2D eigenvalue weighted by molar-refractivity contribution is 0.0922. The summed E-state index contributed by atoms with van der Waals surface area (Å²) in [5.41, 5.74) is 4.49. The molecule has 0 unspecified atom stereocenters. The van der Waals surface area contributed by atoms with Crippen molar-refractivity contribution in [3.05, 3.63) is 65.7 Å². The Morgan fingerprint density at radius 1 is 1.11 bits per heavy atom. The first kappa shape index (κ1) is 19.8. The summed E-state index contributed by atoms with van der Waals surface area (Å²) < 4.78 is 1.91. The highest BCUT2D eigenvalue weighted by Gasteiger charge is 2.16. The second-order valence-corrected chi connectivity index (χ2v) is 7.41. The summed E-state index contributed by atoms with van der Waals surface area (Å²) in [5.74, 6) is 0.796. The molecule has 3 rings (SSSR count). The molecule has 0 spiro atoms. The minimum Gasteiger partial charge on any atom is -0.394 e. The summed E-state index contributed by atoms with van der Waals surface area (Å²) in [6.07, 6.45) is 1.67. The highest BCUT2D eigenvalue weighted by atomic mass is 16.3. The molecule has 28 heavy (non-hydrogen) atoms. The van der Waals surface area contributed by atoms with Gasteiger partial charge in [-0.2, -0.15) is 0 Å². The first-order chi connectivity index (χ1) is 13.4. The van der Waals surface area contributed by atoms with E-state index < -0.39 is 0 Å². The van der Waals surface area contributed by atoms with Gasteiger partial charge in [-0.25, -0.2) is 0 Å². The molecule has 0 saturated heterocycles. The number of rotatable bonds is 6. The minimum atomic E-state index is -0.319. The molecule has 2 aromatic carbocycles. The van der Waals surface area contributed by atoms with E-state index in [1.54, 1.807) is 13.3 Å². The number of carbonyl (C=O) groups excluding carboxylic acids is 1. The summed E-state index contributed by atoms with van der Waals surface area (Å²) in [5, 5.41) is 20.3. The van der Waals surface area contributed by atoms with Crippen molar-refractivity contribution in [3.63, 3.8) is 0 Å². The van der Waals surface area contributed by atoms with Gasteiger partial charge in [-0.05, 0) is 43.2 Å². The Hall–Kier alpha value is -2.99. The van der Waals surface area contributed by atoms with E-state index >= 15 is 0 Å². The second kappa shape index (κ2) is 8.35. The Balaban J connectivity index is 2.12. The lowest BCUT2D eigenvalue weighted by atomic mass is 10.00. The molecule has 0 fully saturated rings. The number of benzene rings is 2. The Kier molecular flexibility index (Phi) is 5.90. The Morgan fingerprint density at radius 3 is 2.46 bits per heavy atom. The van der Waals surface area contributed by atoms with Gasteiger partial charge in [-0.15, -0.1) is 10.2 Å². The Labute approximate surface area is 165 Å². The minimum absolute atomic E-state index is 0.112. The summed E-state index contributed by atoms with van der Waals surface area (Å²) in [7, 11) is 0. The molecule has 2 N–H and O–H groups in total. The number of nitrogens with zero attached hydrogens (tertiary/aromatic N) is 3. The fourth-order valence-electron chi connectivity index (χ4n) is 2.98. The predicted molar refractivity (Wildman–Crippen MR) is 110 cm³/mol. The first-order valence-electron chi connectivity index (χ1n) is 9.43. The number of nitrogens with one attached hydrogen (secondary N) is 1. The lowest BCUT2D eigenvalue weighted by Gasteiger charge is -2.15. The number of hydrogen-bond donors (Lipinski definition) is 2. The summed E-state index contributed by atoms with van der Waals surface area (Å²) >= 11 is 0. The number of aliphatic hydroxyl groups is 1. The van der Waals surface area contributed by atoms with Gasteiger partial charge >= 0.3 is 0 Å². The molecule has 0 bridgehead atoms. The lowest BCUT2D eigenvalue weighted by Crippen LogP contribution is -2.35. The maximum atomic E-state index is 12.7. The fraction of sp³-hybridized carbons (Fsp3) is 0.318. The second-order valence-electron chi connectivity index (χ2n) is 7.41. The van der Waals surface area contributed by atoms with Crippen LogP contribution in [0, 0.1) is 6.92 Å². The molecule has 1 heterocycles. The topological polar surface area (TPSA) is 80.0 Å². The molecular formula is C22H26N4O2. The van der Waals surface area contributed by atoms with Gasteiger partial charge in [0.15, 0.2) is 0 Å². The molecular weight excluding hydrogens is 352 g/mol. The third-order valence-corrected chi connectivity index (χ3v) is 4.58. The van der Waals surface area contributed by atoms with E-state index in [0.29, 0.717) is 5.56 Å². The molecule has 6 nitrogen and oxygen atoms in total. The summed E-state index contributed by atoms with van der Waals surface area (Å²) in [4.78, 5) is 12.7. The SMILES string of the molecule is Cc1ccc(-c2cc(C(=O)N[C@@H](C)CO)cc(-n3cnnc3C(C)C)c2)cc1. The zero-order chi connectivity index (χ0) is 20.3. The monoisotopic (exact) mass is 378 g/mol. The van der Waals surface area contributed by atoms with Gasteiger partial charge in [0, 0.05) is 23.2 Å². The zero-order valence-corrected chi connectivity index (χ0v) is 16.7. The van der Waals surface area contributed by atoms with Crippen LogP contribution in [0.4, 0.5) is 0 Å². The molecule has 3 aromatic rings. The smallest absolute Gasteiger partial charge is 0.251 e. The van der Waals surface area contributed by atoms with Crippen LogP contribution in [0.1, 0.15) is 48.4 Å². The summed E-state index contributed by atoms with van der Waals surface area (Å²) in [6, 6.07) is 13.6. The van der Waals surface area contributed by atoms with Crippen molar-refractivity contribution in [3.8, 4) is 16.8 Å². The van der Waals surface area contributed by atoms with Crippen LogP contribution in [0.15, 0.2) is 48.8 Å². The van der Waals surface area contributed by atoms with Gasteiger partial charge in [0.1, 0.15) is 12.2 Å². The van der Waals surface area contributed by atoms with Crippen LogP contribution in [-0.2, 0) is 0 Å². The molecule has 1 aromatic heterocycles. The van der Waals surface area contributed by atoms with Crippen LogP contribution in [0.5, 0.6) is 0 Å². The van der Waals surface area contributed by atoms with Gasteiger partial charge in [0.25, 0.3) is 5.91 Å². The van der Waals surface area contributed by atoms with Crippen LogP contribution in [-0.4, -0.2) is 38.4 Å². The first-order valence-corrected chi connectivity index (χ1v) is 9.43. The van der Waals surface area contributed by atoms with Gasteiger partial charge in [0.2, 0.25) is 0 Å². The van der Waals surface area contributed by atoms with Gasteiger partial charge in [0.05, 0.1) is 6.61 Å². The van der Waals surface area contributed by atoms with Crippen LogP contribution < -0.4 is 5.32 Å². The maximum Gasteiger partial charge on any atom is 0.251 e. The molecule has 0 saturated carbocycles. The van der Waals surface area contributed by atoms with E-state index in [1.807, 2.05) is 54.0 Å². The van der Waals surface area contributed by atoms with E-state index in [1.165, 1.54) is 5.56 Å². The van der Waals surface area contributed by atoms with Crippen molar-refractivity contribution >= 4 is 5.91 Å². The molecule has 1 amide bonds. The predicted octanol–water partition coefficient (Wildman–Crippen LogP) is 3.48. The van der Waals surface area contributed by atoms with Crippen molar-refractivity contribution < 1.29 is 9.90 Å². The number of hydrogen-bond acceptors (Lipinski definition) is 4. The van der Waals surface area contributed by atoms with E-state index in [-0.39, 0.29) is 24.5 Å². The van der Waals surface area contributed by atoms with Crippen LogP contribution >= 0.6 is 0 Å². The Morgan fingerprint density at radius 2 is 1.82 bits per heavy atom. The zero-order valence-electron chi connectivity index (χ0n) is 16.7. The highest BCUT2D eigenvalue weighted by molar-refractivity contribution is 5.96. The normalized spacial score (nSPS) is 12.2. The third-order valence-electron chi connectivity index (χ3n) is 4.58. The van der Waals surface area contributed by atoms with Crippen molar-refractivity contribution in [2.75, 3.05) is 6.61 Å². The molecule has 6 heteroatoms. The molecule has 146 valence electrons. The number of carbonyl (C=O) groups is 1. The van der Waals surface area contributed by atoms with Gasteiger partial charge in [-0.3, -0.25) is 9.36 Å². The quantitative estimate of drug-likeness (QED) is 0.688. The van der Waals surface area contributed by atoms with Crippen LogP contribution in [0.25, 0.3) is 16.8 Å². The van der Waals surface area contributed by atoms with E-state index in [2.05, 4.69) is 29.4 Å². The average Bonchev–Trinajstić information content (AvgIpc) is 3.18. The number of aryl methyl sites for hydroxylation is 1. The molecule has 0 radical (unpaired) electrons. The molecule has 0 aliphatic carbocycles. The van der Waals surface area contributed by atoms with Crippen molar-refractivity contribution in [1.29, 1.82) is 0 Å². The van der Waals surface area contributed by atoms with Crippen LogP contribution in [0.2, 0.25) is 0 Å². The fourth-order valence-corrected chi connectivity index (χ4v) is 2.98. The van der Waals surface area contributed by atoms with E-state index in [0.717, 1.165) is 22.6 Å². The summed E-state index contributed by atoms with van der Waals surface area (Å²) in [6.45, 7) is 7.81. The Bertz CT molecular complexity index is 961.